The molecule has 0 saturated carbocycles. The van der Waals surface area contributed by atoms with E-state index in [1.807, 2.05) is 25.4 Å². The van der Waals surface area contributed by atoms with Crippen LogP contribution in [0.1, 0.15) is 24.0 Å². The molecular weight excluding hydrogens is 210 g/mol. The van der Waals surface area contributed by atoms with Crippen LogP contribution in [0.15, 0.2) is 42.7 Å². The van der Waals surface area contributed by atoms with E-state index in [1.165, 1.54) is 5.56 Å². The number of rotatable bonds is 4. The molecule has 1 N–H and O–H groups in total. The van der Waals surface area contributed by atoms with Gasteiger partial charge in [0.2, 0.25) is 5.95 Å². The van der Waals surface area contributed by atoms with E-state index in [-0.39, 0.29) is 0 Å². The predicted octanol–water partition coefficient (Wildman–Crippen LogP) is 3.00. The minimum absolute atomic E-state index is 0.445. The second-order valence-electron chi connectivity index (χ2n) is 4.28. The lowest BCUT2D eigenvalue weighted by molar-refractivity contribution is 0.796. The topological polar surface area (TPSA) is 37.8 Å². The van der Waals surface area contributed by atoms with Gasteiger partial charge in [-0.2, -0.15) is 0 Å². The summed E-state index contributed by atoms with van der Waals surface area (Å²) in [5.41, 5.74) is 2.40. The highest BCUT2D eigenvalue weighted by Gasteiger charge is 2.04. The van der Waals surface area contributed by atoms with Gasteiger partial charge in [-0.05, 0) is 24.0 Å². The molecule has 1 heterocycles. The third-order valence-corrected chi connectivity index (χ3v) is 2.72. The Kier molecular flexibility index (Phi) is 3.70. The predicted molar refractivity (Wildman–Crippen MR) is 70.1 cm³/mol. The molecule has 0 fully saturated rings. The average Bonchev–Trinajstić information content (AvgIpc) is 2.39. The van der Waals surface area contributed by atoms with Gasteiger partial charge in [0.1, 0.15) is 0 Å². The number of nitrogens with zero attached hydrogens (tertiary/aromatic N) is 2. The maximum absolute atomic E-state index is 4.22. The Morgan fingerprint density at radius 3 is 2.41 bits per heavy atom. The second kappa shape index (κ2) is 5.43. The molecule has 17 heavy (non-hydrogen) atoms. The van der Waals surface area contributed by atoms with Crippen molar-refractivity contribution in [3.8, 4) is 0 Å². The Labute approximate surface area is 102 Å². The first-order chi connectivity index (χ1) is 8.25. The van der Waals surface area contributed by atoms with Crippen molar-refractivity contribution < 1.29 is 0 Å². The smallest absolute Gasteiger partial charge is 0.222 e. The molecule has 1 aromatic carbocycles. The van der Waals surface area contributed by atoms with Crippen molar-refractivity contribution in [2.24, 2.45) is 0 Å². The molecule has 3 nitrogen and oxygen atoms in total. The third-order valence-electron chi connectivity index (χ3n) is 2.72. The first-order valence-corrected chi connectivity index (χ1v) is 5.83. The van der Waals surface area contributed by atoms with E-state index in [1.54, 1.807) is 0 Å². The van der Waals surface area contributed by atoms with Crippen molar-refractivity contribution in [2.45, 2.75) is 19.8 Å². The fourth-order valence-corrected chi connectivity index (χ4v) is 1.63. The van der Waals surface area contributed by atoms with Crippen LogP contribution in [0.25, 0.3) is 0 Å². The summed E-state index contributed by atoms with van der Waals surface area (Å²) in [5, 5.41) is 3.25. The van der Waals surface area contributed by atoms with Crippen LogP contribution in [0.3, 0.4) is 0 Å². The van der Waals surface area contributed by atoms with Crippen LogP contribution in [-0.4, -0.2) is 16.5 Å². The van der Waals surface area contributed by atoms with Crippen LogP contribution >= 0.6 is 0 Å². The van der Waals surface area contributed by atoms with Gasteiger partial charge >= 0.3 is 0 Å². The quantitative estimate of drug-likeness (QED) is 0.872. The van der Waals surface area contributed by atoms with Gasteiger partial charge in [-0.1, -0.05) is 37.3 Å². The molecule has 1 aromatic heterocycles. The van der Waals surface area contributed by atoms with Crippen molar-refractivity contribution in [3.63, 3.8) is 0 Å². The summed E-state index contributed by atoms with van der Waals surface area (Å²) in [5.74, 6) is 1.14. The van der Waals surface area contributed by atoms with E-state index >= 15 is 0 Å². The van der Waals surface area contributed by atoms with Crippen LogP contribution in [0.5, 0.6) is 0 Å². The van der Waals surface area contributed by atoms with E-state index in [0.717, 1.165) is 12.1 Å². The number of anilines is 1. The van der Waals surface area contributed by atoms with Crippen LogP contribution in [0.2, 0.25) is 0 Å². The zero-order chi connectivity index (χ0) is 12.1. The summed E-state index contributed by atoms with van der Waals surface area (Å²) < 4.78 is 0. The van der Waals surface area contributed by atoms with E-state index in [2.05, 4.69) is 46.5 Å². The maximum Gasteiger partial charge on any atom is 0.222 e. The van der Waals surface area contributed by atoms with Gasteiger partial charge in [-0.25, -0.2) is 9.97 Å². The molecule has 0 radical (unpaired) electrons. The number of nitrogens with one attached hydrogen (secondary N) is 1. The number of aryl methyl sites for hydroxylation is 1. The summed E-state index contributed by atoms with van der Waals surface area (Å²) >= 11 is 0. The average molecular weight is 227 g/mol. The van der Waals surface area contributed by atoms with Crippen LogP contribution in [-0.2, 0) is 0 Å². The SMILES string of the molecule is Cc1cnc(NCC(C)c2ccccc2)nc1. The molecule has 2 rings (SSSR count). The Bertz CT molecular complexity index is 451. The minimum Gasteiger partial charge on any atom is -0.354 e. The Hall–Kier alpha value is -1.90. The maximum atomic E-state index is 4.22. The van der Waals surface area contributed by atoms with Crippen molar-refractivity contribution >= 4 is 5.95 Å². The molecule has 1 unspecified atom stereocenters. The highest BCUT2D eigenvalue weighted by Crippen LogP contribution is 2.14. The lowest BCUT2D eigenvalue weighted by Gasteiger charge is -2.12. The molecule has 2 aromatic rings. The molecule has 0 spiro atoms. The first kappa shape index (κ1) is 11.6. The van der Waals surface area contributed by atoms with E-state index < -0.39 is 0 Å². The fraction of sp³-hybridized carbons (Fsp3) is 0.286. The Morgan fingerprint density at radius 2 is 1.76 bits per heavy atom. The van der Waals surface area contributed by atoms with E-state index in [0.29, 0.717) is 11.9 Å². The molecule has 0 amide bonds. The molecule has 1 atom stereocenters. The zero-order valence-corrected chi connectivity index (χ0v) is 10.2. The first-order valence-electron chi connectivity index (χ1n) is 5.83. The van der Waals surface area contributed by atoms with Gasteiger partial charge in [0.25, 0.3) is 0 Å². The van der Waals surface area contributed by atoms with Gasteiger partial charge in [-0.15, -0.1) is 0 Å². The Morgan fingerprint density at radius 1 is 1.12 bits per heavy atom. The van der Waals surface area contributed by atoms with Gasteiger partial charge < -0.3 is 5.32 Å². The molecule has 3 heteroatoms. The number of aromatic nitrogens is 2. The van der Waals surface area contributed by atoms with Gasteiger partial charge in [-0.3, -0.25) is 0 Å². The van der Waals surface area contributed by atoms with Crippen LogP contribution in [0.4, 0.5) is 5.95 Å². The summed E-state index contributed by atoms with van der Waals surface area (Å²) in [4.78, 5) is 8.44. The standard InChI is InChI=1S/C14H17N3/c1-11-8-15-14(16-9-11)17-10-12(2)13-6-4-3-5-7-13/h3-9,12H,10H2,1-2H3,(H,15,16,17). The monoisotopic (exact) mass is 227 g/mol. The molecular formula is C14H17N3. The normalized spacial score (nSPS) is 12.1. The number of hydrogen-bond donors (Lipinski definition) is 1. The highest BCUT2D eigenvalue weighted by molar-refractivity contribution is 5.27. The minimum atomic E-state index is 0.445. The van der Waals surface area contributed by atoms with E-state index in [9.17, 15) is 0 Å². The van der Waals surface area contributed by atoms with Crippen molar-refractivity contribution in [1.82, 2.24) is 9.97 Å². The molecule has 88 valence electrons. The van der Waals surface area contributed by atoms with Crippen LogP contribution < -0.4 is 5.32 Å². The van der Waals surface area contributed by atoms with Crippen molar-refractivity contribution in [1.29, 1.82) is 0 Å². The fourth-order valence-electron chi connectivity index (χ4n) is 1.63. The van der Waals surface area contributed by atoms with Gasteiger partial charge in [0, 0.05) is 18.9 Å². The molecule has 0 aliphatic rings. The Balaban J connectivity index is 1.92. The lowest BCUT2D eigenvalue weighted by Crippen LogP contribution is -2.11. The lowest BCUT2D eigenvalue weighted by atomic mass is 10.0. The third kappa shape index (κ3) is 3.28. The van der Waals surface area contributed by atoms with E-state index in [4.69, 9.17) is 0 Å². The molecule has 0 aliphatic carbocycles. The number of benzene rings is 1. The summed E-state index contributed by atoms with van der Waals surface area (Å²) in [6.07, 6.45) is 3.64. The summed E-state index contributed by atoms with van der Waals surface area (Å²) in [6.45, 7) is 5.01. The second-order valence-corrected chi connectivity index (χ2v) is 4.28. The largest absolute Gasteiger partial charge is 0.354 e. The molecule has 0 saturated heterocycles. The van der Waals surface area contributed by atoms with Gasteiger partial charge in [0.15, 0.2) is 0 Å². The van der Waals surface area contributed by atoms with Crippen LogP contribution in [0, 0.1) is 6.92 Å². The zero-order valence-electron chi connectivity index (χ0n) is 10.2. The summed E-state index contributed by atoms with van der Waals surface area (Å²) in [6, 6.07) is 10.4. The summed E-state index contributed by atoms with van der Waals surface area (Å²) in [7, 11) is 0. The van der Waals surface area contributed by atoms with Crippen molar-refractivity contribution in [2.75, 3.05) is 11.9 Å². The van der Waals surface area contributed by atoms with Gasteiger partial charge in [0.05, 0.1) is 0 Å². The highest BCUT2D eigenvalue weighted by atomic mass is 15.1. The number of hydrogen-bond acceptors (Lipinski definition) is 3. The molecule has 0 bridgehead atoms. The van der Waals surface area contributed by atoms with Crippen molar-refractivity contribution in [3.05, 3.63) is 53.9 Å². The molecule has 0 aliphatic heterocycles.